The highest BCUT2D eigenvalue weighted by Crippen LogP contribution is 2.39. The van der Waals surface area contributed by atoms with E-state index in [4.69, 9.17) is 5.11 Å². The van der Waals surface area contributed by atoms with Crippen molar-refractivity contribution in [3.8, 4) is 0 Å². The second-order valence-corrected chi connectivity index (χ2v) is 4.81. The molecule has 2 rings (SSSR count). The molecule has 1 saturated carbocycles. The van der Waals surface area contributed by atoms with Crippen molar-refractivity contribution in [2.75, 3.05) is 0 Å². The summed E-state index contributed by atoms with van der Waals surface area (Å²) in [4.78, 5) is 24.0. The lowest BCUT2D eigenvalue weighted by atomic mass is 9.83. The van der Waals surface area contributed by atoms with Crippen molar-refractivity contribution in [3.05, 3.63) is 0 Å². The molecule has 0 spiro atoms. The molecule has 1 aliphatic heterocycles. The minimum absolute atomic E-state index is 0.0812. The second-order valence-electron chi connectivity index (χ2n) is 4.81. The molecule has 2 N–H and O–H groups in total. The number of aliphatic hydroxyl groups is 1. The minimum Gasteiger partial charge on any atom is -0.480 e. The smallest absolute Gasteiger partial charge is 0.326 e. The van der Waals surface area contributed by atoms with Crippen molar-refractivity contribution in [2.45, 2.75) is 50.8 Å². The van der Waals surface area contributed by atoms with Crippen LogP contribution < -0.4 is 0 Å². The first-order valence-electron chi connectivity index (χ1n) is 5.70. The third kappa shape index (κ3) is 1.80. The zero-order valence-electron chi connectivity index (χ0n) is 9.30. The van der Waals surface area contributed by atoms with Crippen LogP contribution in [0.15, 0.2) is 0 Å². The van der Waals surface area contributed by atoms with E-state index in [1.54, 1.807) is 0 Å². The number of aliphatic hydroxyl groups excluding tert-OH is 1. The Hall–Kier alpha value is -1.10. The van der Waals surface area contributed by atoms with E-state index >= 15 is 0 Å². The highest BCUT2D eigenvalue weighted by molar-refractivity contribution is 5.83. The molecule has 1 heterocycles. The van der Waals surface area contributed by atoms with Crippen molar-refractivity contribution < 1.29 is 19.8 Å². The van der Waals surface area contributed by atoms with Crippen LogP contribution in [-0.2, 0) is 9.59 Å². The van der Waals surface area contributed by atoms with Crippen molar-refractivity contribution in [3.63, 3.8) is 0 Å². The molecule has 4 atom stereocenters. The van der Waals surface area contributed by atoms with Gasteiger partial charge in [0.15, 0.2) is 0 Å². The highest BCUT2D eigenvalue weighted by atomic mass is 16.4. The summed E-state index contributed by atoms with van der Waals surface area (Å²) in [5, 5.41) is 18.7. The molecule has 5 nitrogen and oxygen atoms in total. The number of carbonyl (C=O) groups is 2. The Bertz CT molecular complexity index is 317. The van der Waals surface area contributed by atoms with Crippen LogP contribution in [0.3, 0.4) is 0 Å². The van der Waals surface area contributed by atoms with Gasteiger partial charge < -0.3 is 15.1 Å². The van der Waals surface area contributed by atoms with Gasteiger partial charge >= 0.3 is 5.97 Å². The standard InChI is InChI=1S/C11H17NO4/c1-6(13)12-9-5-8(14)3-2-7(9)4-10(12)11(15)16/h7-10,14H,2-5H2,1H3,(H,15,16)/t7-,8+,9-,10-/m0/s1. The summed E-state index contributed by atoms with van der Waals surface area (Å²) in [6, 6.07) is -0.778. The molecule has 0 unspecified atom stereocenters. The number of aliphatic carboxylic acids is 1. The monoisotopic (exact) mass is 227 g/mol. The zero-order valence-corrected chi connectivity index (χ0v) is 9.30. The Morgan fingerprint density at radius 2 is 1.94 bits per heavy atom. The lowest BCUT2D eigenvalue weighted by Crippen LogP contribution is -2.46. The first-order valence-corrected chi connectivity index (χ1v) is 5.70. The molecule has 2 aliphatic rings. The second kappa shape index (κ2) is 4.05. The number of likely N-dealkylation sites (tertiary alicyclic amines) is 1. The molecule has 0 aromatic heterocycles. The van der Waals surface area contributed by atoms with Crippen LogP contribution in [0, 0.1) is 5.92 Å². The number of carboxylic acid groups (broad SMARTS) is 1. The van der Waals surface area contributed by atoms with Gasteiger partial charge in [-0.1, -0.05) is 0 Å². The average molecular weight is 227 g/mol. The summed E-state index contributed by atoms with van der Waals surface area (Å²) in [6.07, 6.45) is 2.20. The SMILES string of the molecule is CC(=O)N1[C@H](C(=O)O)C[C@@H]2CC[C@@H](O)C[C@@H]21. The molecule has 1 saturated heterocycles. The van der Waals surface area contributed by atoms with Gasteiger partial charge in [-0.2, -0.15) is 0 Å². The van der Waals surface area contributed by atoms with Gasteiger partial charge in [0.25, 0.3) is 0 Å². The molecule has 0 aromatic carbocycles. The van der Waals surface area contributed by atoms with E-state index in [9.17, 15) is 14.7 Å². The van der Waals surface area contributed by atoms with Crippen LogP contribution in [0.4, 0.5) is 0 Å². The topological polar surface area (TPSA) is 77.8 Å². The van der Waals surface area contributed by atoms with Gasteiger partial charge in [0.05, 0.1) is 6.10 Å². The summed E-state index contributed by atoms with van der Waals surface area (Å²) in [7, 11) is 0. The molecule has 2 fully saturated rings. The number of carboxylic acids is 1. The molecule has 0 radical (unpaired) electrons. The number of hydrogen-bond donors (Lipinski definition) is 2. The summed E-state index contributed by atoms with van der Waals surface area (Å²) >= 11 is 0. The van der Waals surface area contributed by atoms with Crippen LogP contribution in [0.25, 0.3) is 0 Å². The van der Waals surface area contributed by atoms with Crippen molar-refractivity contribution in [1.82, 2.24) is 4.90 Å². The van der Waals surface area contributed by atoms with Crippen LogP contribution in [0.1, 0.15) is 32.6 Å². The number of rotatable bonds is 1. The largest absolute Gasteiger partial charge is 0.480 e. The molecule has 0 aromatic rings. The van der Waals surface area contributed by atoms with Gasteiger partial charge in [0.2, 0.25) is 5.91 Å². The predicted octanol–water partition coefficient (Wildman–Crippen LogP) is 0.221. The van der Waals surface area contributed by atoms with E-state index in [0.717, 1.165) is 12.8 Å². The Balaban J connectivity index is 2.21. The van der Waals surface area contributed by atoms with Gasteiger partial charge in [-0.25, -0.2) is 4.79 Å². The van der Waals surface area contributed by atoms with E-state index in [-0.39, 0.29) is 17.9 Å². The van der Waals surface area contributed by atoms with E-state index in [2.05, 4.69) is 0 Å². The molecule has 1 aliphatic carbocycles. The maximum atomic E-state index is 11.5. The number of amides is 1. The van der Waals surface area contributed by atoms with Gasteiger partial charge in [-0.3, -0.25) is 4.79 Å². The van der Waals surface area contributed by atoms with E-state index in [1.807, 2.05) is 0 Å². The van der Waals surface area contributed by atoms with E-state index in [0.29, 0.717) is 12.8 Å². The summed E-state index contributed by atoms with van der Waals surface area (Å²) in [5.41, 5.74) is 0. The molecule has 5 heteroatoms. The fraction of sp³-hybridized carbons (Fsp3) is 0.818. The average Bonchev–Trinajstić information content (AvgIpc) is 2.55. The van der Waals surface area contributed by atoms with E-state index in [1.165, 1.54) is 11.8 Å². The summed E-state index contributed by atoms with van der Waals surface area (Å²) in [6.45, 7) is 1.40. The Morgan fingerprint density at radius 1 is 1.25 bits per heavy atom. The van der Waals surface area contributed by atoms with Crippen LogP contribution in [0.5, 0.6) is 0 Å². The maximum Gasteiger partial charge on any atom is 0.326 e. The molecular formula is C11H17NO4. The first-order chi connectivity index (χ1) is 7.50. The molecule has 0 bridgehead atoms. The zero-order chi connectivity index (χ0) is 11.9. The van der Waals surface area contributed by atoms with Crippen molar-refractivity contribution in [2.24, 2.45) is 5.92 Å². The third-order valence-electron chi connectivity index (χ3n) is 3.80. The Kier molecular flexibility index (Phi) is 2.88. The van der Waals surface area contributed by atoms with Crippen molar-refractivity contribution >= 4 is 11.9 Å². The number of hydrogen-bond acceptors (Lipinski definition) is 3. The molecular weight excluding hydrogens is 210 g/mol. The van der Waals surface area contributed by atoms with Crippen molar-refractivity contribution in [1.29, 1.82) is 0 Å². The van der Waals surface area contributed by atoms with Gasteiger partial charge in [-0.05, 0) is 31.6 Å². The normalized spacial score (nSPS) is 38.2. The summed E-state index contributed by atoms with van der Waals surface area (Å²) in [5.74, 6) is -0.888. The van der Waals surface area contributed by atoms with Gasteiger partial charge in [0, 0.05) is 13.0 Å². The fourth-order valence-electron chi connectivity index (χ4n) is 3.11. The predicted molar refractivity (Wildman–Crippen MR) is 55.7 cm³/mol. The molecule has 16 heavy (non-hydrogen) atoms. The van der Waals surface area contributed by atoms with Gasteiger partial charge in [0.1, 0.15) is 6.04 Å². The lowest BCUT2D eigenvalue weighted by molar-refractivity contribution is -0.149. The fourth-order valence-corrected chi connectivity index (χ4v) is 3.11. The van der Waals surface area contributed by atoms with Crippen LogP contribution >= 0.6 is 0 Å². The first kappa shape index (κ1) is 11.4. The number of nitrogens with zero attached hydrogens (tertiary/aromatic N) is 1. The third-order valence-corrected chi connectivity index (χ3v) is 3.80. The maximum absolute atomic E-state index is 11.5. The lowest BCUT2D eigenvalue weighted by Gasteiger charge is -2.34. The minimum atomic E-state index is -0.931. The van der Waals surface area contributed by atoms with Crippen LogP contribution in [0.2, 0.25) is 0 Å². The van der Waals surface area contributed by atoms with E-state index < -0.39 is 18.1 Å². The highest BCUT2D eigenvalue weighted by Gasteiger charge is 2.47. The number of carbonyl (C=O) groups excluding carboxylic acids is 1. The summed E-state index contributed by atoms with van der Waals surface area (Å²) < 4.78 is 0. The number of fused-ring (bicyclic) bond motifs is 1. The van der Waals surface area contributed by atoms with Crippen LogP contribution in [-0.4, -0.2) is 45.2 Å². The molecule has 1 amide bonds. The Labute approximate surface area is 94.0 Å². The molecule has 90 valence electrons. The Morgan fingerprint density at radius 3 is 2.50 bits per heavy atom. The van der Waals surface area contributed by atoms with Gasteiger partial charge in [-0.15, -0.1) is 0 Å². The quantitative estimate of drug-likeness (QED) is 0.671.